The van der Waals surface area contributed by atoms with Crippen molar-refractivity contribution in [2.24, 2.45) is 5.41 Å². The van der Waals surface area contributed by atoms with Crippen LogP contribution in [0.15, 0.2) is 12.2 Å². The Bertz CT molecular complexity index is 966. The first-order valence-corrected chi connectivity index (χ1v) is 18.3. The van der Waals surface area contributed by atoms with Gasteiger partial charge in [-0.1, -0.05) is 97.1 Å². The zero-order chi connectivity index (χ0) is 34.9. The van der Waals surface area contributed by atoms with Gasteiger partial charge in [0.05, 0.1) is 0 Å². The molecule has 3 amide bonds. The zero-order valence-corrected chi connectivity index (χ0v) is 30.1. The highest BCUT2D eigenvalue weighted by atomic mass is 16.6. The number of nitrogens with one attached hydrogen (secondary N) is 3. The van der Waals surface area contributed by atoms with Gasteiger partial charge in [-0.3, -0.25) is 24.0 Å². The molecule has 47 heavy (non-hydrogen) atoms. The molecule has 0 unspecified atom stereocenters. The molecule has 0 heterocycles. The third-order valence-corrected chi connectivity index (χ3v) is 8.65. The third kappa shape index (κ3) is 20.8. The highest BCUT2D eigenvalue weighted by Crippen LogP contribution is 2.25. The first-order chi connectivity index (χ1) is 22.5. The molecule has 270 valence electrons. The SMILES string of the molecule is CCCCCCCCC=CCCCCCCCC(=O)N[C@@H]1CCCC[C@H]1NC(=O)CCNC(=O)[C@H](OC(C)=O)C(C)(C)COC(C)=O. The molecule has 0 aromatic carbocycles. The molecular weight excluding hydrogens is 598 g/mol. The van der Waals surface area contributed by atoms with E-state index in [0.717, 1.165) is 51.4 Å². The Labute approximate surface area is 284 Å². The Kier molecular flexibility index (Phi) is 22.5. The van der Waals surface area contributed by atoms with E-state index in [1.807, 2.05) is 0 Å². The van der Waals surface area contributed by atoms with E-state index in [1.165, 1.54) is 71.6 Å². The van der Waals surface area contributed by atoms with E-state index < -0.39 is 29.4 Å². The quantitative estimate of drug-likeness (QED) is 0.0568. The van der Waals surface area contributed by atoms with Crippen LogP contribution in [-0.2, 0) is 33.4 Å². The summed E-state index contributed by atoms with van der Waals surface area (Å²) in [5.74, 6) is -1.90. The summed E-state index contributed by atoms with van der Waals surface area (Å²) in [6.07, 6.45) is 23.4. The van der Waals surface area contributed by atoms with Crippen LogP contribution in [0.1, 0.15) is 157 Å². The highest BCUT2D eigenvalue weighted by molar-refractivity contribution is 5.85. The number of hydrogen-bond acceptors (Lipinski definition) is 7. The number of rotatable bonds is 25. The van der Waals surface area contributed by atoms with Crippen molar-refractivity contribution in [2.45, 2.75) is 175 Å². The van der Waals surface area contributed by atoms with Crippen LogP contribution in [-0.4, -0.2) is 61.0 Å². The number of carbonyl (C=O) groups excluding carboxylic acids is 5. The van der Waals surface area contributed by atoms with Gasteiger partial charge in [0, 0.05) is 50.7 Å². The highest BCUT2D eigenvalue weighted by Gasteiger charge is 2.39. The second-order valence-corrected chi connectivity index (χ2v) is 13.8. The predicted molar refractivity (Wildman–Crippen MR) is 185 cm³/mol. The van der Waals surface area contributed by atoms with E-state index in [2.05, 4.69) is 35.0 Å². The minimum Gasteiger partial charge on any atom is -0.465 e. The van der Waals surface area contributed by atoms with Gasteiger partial charge >= 0.3 is 11.9 Å². The van der Waals surface area contributed by atoms with Crippen LogP contribution >= 0.6 is 0 Å². The Morgan fingerprint density at radius 3 is 1.77 bits per heavy atom. The second-order valence-electron chi connectivity index (χ2n) is 13.8. The fraction of sp³-hybridized carbons (Fsp3) is 0.811. The lowest BCUT2D eigenvalue weighted by Gasteiger charge is -2.33. The molecule has 0 bridgehead atoms. The van der Waals surface area contributed by atoms with E-state index >= 15 is 0 Å². The van der Waals surface area contributed by atoms with Gasteiger partial charge < -0.3 is 25.4 Å². The molecule has 1 aliphatic carbocycles. The number of esters is 2. The molecule has 1 saturated carbocycles. The summed E-state index contributed by atoms with van der Waals surface area (Å²) in [6, 6.07) is -0.255. The van der Waals surface area contributed by atoms with Crippen LogP contribution in [0.2, 0.25) is 0 Å². The standard InChI is InChI=1S/C37H65N3O7/c1-6-7-8-9-10-11-12-13-14-15-16-17-18-19-20-25-33(43)39-31-23-21-22-24-32(31)40-34(44)26-27-38-36(45)35(47-30(3)42)37(4,5)28-46-29(2)41/h13-14,31-32,35H,6-12,15-28H2,1-5H3,(H,38,45)(H,39,43)(H,40,44)/t31-,32-,35+/m1/s1. The summed E-state index contributed by atoms with van der Waals surface area (Å²) >= 11 is 0. The van der Waals surface area contributed by atoms with Gasteiger partial charge in [-0.15, -0.1) is 0 Å². The van der Waals surface area contributed by atoms with Crippen LogP contribution in [0.3, 0.4) is 0 Å². The Balaban J connectivity index is 2.30. The molecule has 3 atom stereocenters. The molecule has 0 saturated heterocycles. The number of carbonyl (C=O) groups is 5. The van der Waals surface area contributed by atoms with Gasteiger partial charge in [0.15, 0.2) is 6.10 Å². The smallest absolute Gasteiger partial charge is 0.303 e. The van der Waals surface area contributed by atoms with Crippen molar-refractivity contribution in [3.63, 3.8) is 0 Å². The van der Waals surface area contributed by atoms with Gasteiger partial charge in [-0.2, -0.15) is 0 Å². The lowest BCUT2D eigenvalue weighted by atomic mass is 9.86. The number of allylic oxidation sites excluding steroid dienone is 2. The lowest BCUT2D eigenvalue weighted by Crippen LogP contribution is -2.53. The minimum atomic E-state index is -1.19. The van der Waals surface area contributed by atoms with Crippen molar-refractivity contribution >= 4 is 29.7 Å². The Hall–Kier alpha value is -2.91. The number of amides is 3. The topological polar surface area (TPSA) is 140 Å². The second kappa shape index (κ2) is 25.2. The summed E-state index contributed by atoms with van der Waals surface area (Å²) in [4.78, 5) is 61.2. The van der Waals surface area contributed by atoms with Gasteiger partial charge in [-0.05, 0) is 44.9 Å². The Morgan fingerprint density at radius 2 is 1.23 bits per heavy atom. The number of hydrogen-bond donors (Lipinski definition) is 3. The van der Waals surface area contributed by atoms with Crippen molar-refractivity contribution in [1.82, 2.24) is 16.0 Å². The molecule has 0 aromatic rings. The summed E-state index contributed by atoms with van der Waals surface area (Å²) in [5, 5.41) is 8.86. The van der Waals surface area contributed by atoms with Crippen LogP contribution in [0.4, 0.5) is 0 Å². The van der Waals surface area contributed by atoms with Crippen LogP contribution in [0, 0.1) is 5.41 Å². The lowest BCUT2D eigenvalue weighted by molar-refractivity contribution is -0.166. The van der Waals surface area contributed by atoms with E-state index in [0.29, 0.717) is 6.42 Å². The maximum atomic E-state index is 12.9. The molecule has 1 rings (SSSR count). The molecule has 10 heteroatoms. The predicted octanol–water partition coefficient (Wildman–Crippen LogP) is 6.59. The van der Waals surface area contributed by atoms with Crippen LogP contribution in [0.25, 0.3) is 0 Å². The maximum Gasteiger partial charge on any atom is 0.303 e. The fourth-order valence-electron chi connectivity index (χ4n) is 5.88. The molecule has 0 spiro atoms. The summed E-state index contributed by atoms with van der Waals surface area (Å²) in [7, 11) is 0. The van der Waals surface area contributed by atoms with Crippen LogP contribution < -0.4 is 16.0 Å². The minimum absolute atomic E-state index is 0.0360. The van der Waals surface area contributed by atoms with Crippen molar-refractivity contribution in [1.29, 1.82) is 0 Å². The normalized spacial score (nSPS) is 17.1. The third-order valence-electron chi connectivity index (χ3n) is 8.65. The molecule has 10 nitrogen and oxygen atoms in total. The summed E-state index contributed by atoms with van der Waals surface area (Å²) in [5.41, 5.74) is -0.971. The van der Waals surface area contributed by atoms with E-state index in [1.54, 1.807) is 13.8 Å². The fourth-order valence-corrected chi connectivity index (χ4v) is 5.88. The monoisotopic (exact) mass is 663 g/mol. The molecule has 3 N–H and O–H groups in total. The average molecular weight is 664 g/mol. The molecular formula is C37H65N3O7. The summed E-state index contributed by atoms with van der Waals surface area (Å²) < 4.78 is 10.3. The van der Waals surface area contributed by atoms with Gasteiger partial charge in [0.2, 0.25) is 11.8 Å². The van der Waals surface area contributed by atoms with E-state index in [9.17, 15) is 24.0 Å². The van der Waals surface area contributed by atoms with Gasteiger partial charge in [0.1, 0.15) is 6.61 Å². The van der Waals surface area contributed by atoms with E-state index in [4.69, 9.17) is 9.47 Å². The largest absolute Gasteiger partial charge is 0.465 e. The zero-order valence-electron chi connectivity index (χ0n) is 30.1. The van der Waals surface area contributed by atoms with Gasteiger partial charge in [0.25, 0.3) is 5.91 Å². The van der Waals surface area contributed by atoms with Crippen molar-refractivity contribution in [3.05, 3.63) is 12.2 Å². The molecule has 0 radical (unpaired) electrons. The number of unbranched alkanes of at least 4 members (excludes halogenated alkanes) is 11. The average Bonchev–Trinajstić information content (AvgIpc) is 3.01. The van der Waals surface area contributed by atoms with E-state index in [-0.39, 0.29) is 43.5 Å². The number of ether oxygens (including phenoxy) is 2. The first-order valence-electron chi connectivity index (χ1n) is 18.3. The molecule has 1 aliphatic rings. The maximum absolute atomic E-state index is 12.9. The summed E-state index contributed by atoms with van der Waals surface area (Å²) in [6.45, 7) is 7.97. The van der Waals surface area contributed by atoms with Gasteiger partial charge in [-0.25, -0.2) is 0 Å². The first kappa shape index (κ1) is 42.1. The van der Waals surface area contributed by atoms with Crippen molar-refractivity contribution in [2.75, 3.05) is 13.2 Å². The Morgan fingerprint density at radius 1 is 0.723 bits per heavy atom. The van der Waals surface area contributed by atoms with Crippen molar-refractivity contribution < 1.29 is 33.4 Å². The molecule has 0 aromatic heterocycles. The van der Waals surface area contributed by atoms with Crippen LogP contribution in [0.5, 0.6) is 0 Å². The van der Waals surface area contributed by atoms with Crippen molar-refractivity contribution in [3.8, 4) is 0 Å². The molecule has 0 aliphatic heterocycles. The molecule has 1 fully saturated rings.